The predicted molar refractivity (Wildman–Crippen MR) is 133 cm³/mol. The maximum Gasteiger partial charge on any atom is 0.322 e. The molecular formula is C27H31FN4O3. The Balaban J connectivity index is 1.51. The van der Waals surface area contributed by atoms with Crippen LogP contribution < -0.4 is 10.1 Å². The molecule has 1 N–H and O–H groups in total. The lowest BCUT2D eigenvalue weighted by molar-refractivity contribution is -0.134. The molecule has 184 valence electrons. The maximum absolute atomic E-state index is 14.1. The van der Waals surface area contributed by atoms with E-state index in [0.717, 1.165) is 11.4 Å². The number of nitrogens with zero attached hydrogens (tertiary/aromatic N) is 3. The number of halogens is 1. The summed E-state index contributed by atoms with van der Waals surface area (Å²) in [6, 6.07) is 16.6. The molecule has 4 rings (SSSR count). The minimum atomic E-state index is -0.417. The molecule has 3 amide bonds. The van der Waals surface area contributed by atoms with Crippen LogP contribution in [0.5, 0.6) is 5.75 Å². The lowest BCUT2D eigenvalue weighted by Gasteiger charge is -2.38. The average Bonchev–Trinajstić information content (AvgIpc) is 3.33. The molecule has 0 spiro atoms. The van der Waals surface area contributed by atoms with Crippen LogP contribution in [0, 0.1) is 5.82 Å². The number of benzene rings is 2. The van der Waals surface area contributed by atoms with E-state index in [1.165, 1.54) is 17.0 Å². The second-order valence-corrected chi connectivity index (χ2v) is 8.48. The quantitative estimate of drug-likeness (QED) is 0.501. The van der Waals surface area contributed by atoms with Crippen molar-refractivity contribution in [3.63, 3.8) is 0 Å². The van der Waals surface area contributed by atoms with Crippen LogP contribution in [0.25, 0.3) is 0 Å². The molecule has 1 aliphatic heterocycles. The van der Waals surface area contributed by atoms with Crippen LogP contribution >= 0.6 is 0 Å². The van der Waals surface area contributed by atoms with Gasteiger partial charge in [-0.1, -0.05) is 19.1 Å². The topological polar surface area (TPSA) is 66.8 Å². The second-order valence-electron chi connectivity index (χ2n) is 8.48. The van der Waals surface area contributed by atoms with E-state index in [1.54, 1.807) is 35.2 Å². The van der Waals surface area contributed by atoms with Crippen LogP contribution in [0.3, 0.4) is 0 Å². The molecule has 0 aliphatic carbocycles. The van der Waals surface area contributed by atoms with E-state index in [0.29, 0.717) is 43.9 Å². The van der Waals surface area contributed by atoms with Crippen molar-refractivity contribution < 1.29 is 18.7 Å². The summed E-state index contributed by atoms with van der Waals surface area (Å²) in [6.45, 7) is 5.93. The van der Waals surface area contributed by atoms with Gasteiger partial charge in [-0.15, -0.1) is 0 Å². The fourth-order valence-electron chi connectivity index (χ4n) is 4.46. The first-order valence-corrected chi connectivity index (χ1v) is 12.0. The Morgan fingerprint density at radius 2 is 1.89 bits per heavy atom. The Morgan fingerprint density at radius 3 is 2.60 bits per heavy atom. The fraction of sp³-hybridized carbons (Fsp3) is 0.333. The van der Waals surface area contributed by atoms with E-state index >= 15 is 0 Å². The van der Waals surface area contributed by atoms with Gasteiger partial charge in [0.25, 0.3) is 0 Å². The number of nitrogens with one attached hydrogen (secondary N) is 1. The molecule has 2 aromatic carbocycles. The van der Waals surface area contributed by atoms with Gasteiger partial charge in [0.05, 0.1) is 12.6 Å². The van der Waals surface area contributed by atoms with Crippen molar-refractivity contribution in [2.45, 2.75) is 32.9 Å². The van der Waals surface area contributed by atoms with Gasteiger partial charge in [0, 0.05) is 37.2 Å². The Hall–Kier alpha value is -3.81. The van der Waals surface area contributed by atoms with Gasteiger partial charge in [-0.3, -0.25) is 4.79 Å². The van der Waals surface area contributed by atoms with Gasteiger partial charge in [0.1, 0.15) is 18.1 Å². The van der Waals surface area contributed by atoms with Gasteiger partial charge in [0.15, 0.2) is 0 Å². The van der Waals surface area contributed by atoms with E-state index in [4.69, 9.17) is 4.74 Å². The number of hydrogen-bond donors (Lipinski definition) is 1. The average molecular weight is 479 g/mol. The number of hydrogen-bond acceptors (Lipinski definition) is 3. The van der Waals surface area contributed by atoms with Crippen molar-refractivity contribution >= 4 is 17.6 Å². The van der Waals surface area contributed by atoms with Crippen molar-refractivity contribution in [1.82, 2.24) is 14.4 Å². The molecule has 2 heterocycles. The monoisotopic (exact) mass is 478 g/mol. The SMILES string of the molecule is CCCN(CC(=O)N1CCn2cccc2[C@H]1c1cccc(F)c1)C(=O)Nc1ccc(OCC)cc1. The van der Waals surface area contributed by atoms with Gasteiger partial charge in [0.2, 0.25) is 5.91 Å². The third-order valence-electron chi connectivity index (χ3n) is 6.05. The number of fused-ring (bicyclic) bond motifs is 1. The lowest BCUT2D eigenvalue weighted by Crippen LogP contribution is -2.48. The minimum absolute atomic E-state index is 0.0662. The predicted octanol–water partition coefficient (Wildman–Crippen LogP) is 4.90. The summed E-state index contributed by atoms with van der Waals surface area (Å²) in [7, 11) is 0. The molecule has 35 heavy (non-hydrogen) atoms. The number of urea groups is 1. The Labute approximate surface area is 205 Å². The summed E-state index contributed by atoms with van der Waals surface area (Å²) in [4.78, 5) is 29.9. The maximum atomic E-state index is 14.1. The van der Waals surface area contributed by atoms with Crippen LogP contribution in [0.4, 0.5) is 14.9 Å². The van der Waals surface area contributed by atoms with Gasteiger partial charge >= 0.3 is 6.03 Å². The van der Waals surface area contributed by atoms with E-state index < -0.39 is 6.04 Å². The van der Waals surface area contributed by atoms with Crippen molar-refractivity contribution in [3.05, 3.63) is 83.9 Å². The zero-order chi connectivity index (χ0) is 24.8. The zero-order valence-corrected chi connectivity index (χ0v) is 20.1. The minimum Gasteiger partial charge on any atom is -0.494 e. The first-order valence-electron chi connectivity index (χ1n) is 12.0. The molecule has 0 saturated heterocycles. The highest BCUT2D eigenvalue weighted by molar-refractivity contribution is 5.92. The number of carbonyl (C=O) groups excluding carboxylic acids is 2. The molecular weight excluding hydrogens is 447 g/mol. The van der Waals surface area contributed by atoms with Gasteiger partial charge in [-0.25, -0.2) is 9.18 Å². The third-order valence-corrected chi connectivity index (χ3v) is 6.05. The molecule has 3 aromatic rings. The van der Waals surface area contributed by atoms with Crippen LogP contribution in [0.2, 0.25) is 0 Å². The third kappa shape index (κ3) is 5.65. The van der Waals surface area contributed by atoms with Crippen LogP contribution in [-0.4, -0.2) is 52.5 Å². The zero-order valence-electron chi connectivity index (χ0n) is 20.1. The highest BCUT2D eigenvalue weighted by Crippen LogP contribution is 2.33. The number of ether oxygens (including phenoxy) is 1. The second kappa shape index (κ2) is 11.1. The molecule has 8 heteroatoms. The highest BCUT2D eigenvalue weighted by Gasteiger charge is 2.33. The molecule has 7 nitrogen and oxygen atoms in total. The van der Waals surface area contributed by atoms with E-state index in [-0.39, 0.29) is 24.3 Å². The highest BCUT2D eigenvalue weighted by atomic mass is 19.1. The summed E-state index contributed by atoms with van der Waals surface area (Å²) in [5.41, 5.74) is 2.26. The first-order chi connectivity index (χ1) is 17.0. The Bertz CT molecular complexity index is 1160. The molecule has 1 aromatic heterocycles. The van der Waals surface area contributed by atoms with E-state index in [1.807, 2.05) is 38.2 Å². The molecule has 1 atom stereocenters. The largest absolute Gasteiger partial charge is 0.494 e. The van der Waals surface area contributed by atoms with Crippen LogP contribution in [0.1, 0.15) is 37.6 Å². The van der Waals surface area contributed by atoms with Gasteiger partial charge in [-0.05, 0) is 67.4 Å². The number of carbonyl (C=O) groups is 2. The molecule has 1 aliphatic rings. The molecule has 0 saturated carbocycles. The van der Waals surface area contributed by atoms with Crippen molar-refractivity contribution in [3.8, 4) is 5.75 Å². The summed E-state index contributed by atoms with van der Waals surface area (Å²) >= 11 is 0. The summed E-state index contributed by atoms with van der Waals surface area (Å²) in [6.07, 6.45) is 2.68. The lowest BCUT2D eigenvalue weighted by atomic mass is 9.99. The van der Waals surface area contributed by atoms with E-state index in [9.17, 15) is 14.0 Å². The number of rotatable bonds is 8. The van der Waals surface area contributed by atoms with Crippen molar-refractivity contribution in [2.75, 3.05) is 31.6 Å². The van der Waals surface area contributed by atoms with Gasteiger partial charge in [-0.2, -0.15) is 0 Å². The normalized spacial score (nSPS) is 14.8. The summed E-state index contributed by atoms with van der Waals surface area (Å²) in [5, 5.41) is 2.87. The van der Waals surface area contributed by atoms with Crippen LogP contribution in [0.15, 0.2) is 66.9 Å². The van der Waals surface area contributed by atoms with Crippen LogP contribution in [-0.2, 0) is 11.3 Å². The molecule has 0 unspecified atom stereocenters. The number of anilines is 1. The Kier molecular flexibility index (Phi) is 7.70. The number of aromatic nitrogens is 1. The summed E-state index contributed by atoms with van der Waals surface area (Å²) < 4.78 is 21.6. The number of amides is 3. The Morgan fingerprint density at radius 1 is 1.09 bits per heavy atom. The first kappa shape index (κ1) is 24.3. The molecule has 0 radical (unpaired) electrons. The fourth-order valence-corrected chi connectivity index (χ4v) is 4.46. The van der Waals surface area contributed by atoms with Crippen molar-refractivity contribution in [2.24, 2.45) is 0 Å². The van der Waals surface area contributed by atoms with Gasteiger partial charge < -0.3 is 24.4 Å². The molecule has 0 fully saturated rings. The van der Waals surface area contributed by atoms with E-state index in [2.05, 4.69) is 9.88 Å². The van der Waals surface area contributed by atoms with Crippen molar-refractivity contribution in [1.29, 1.82) is 0 Å². The smallest absolute Gasteiger partial charge is 0.322 e. The molecule has 0 bridgehead atoms. The summed E-state index contributed by atoms with van der Waals surface area (Å²) in [5.74, 6) is 0.201. The standard InChI is InChI=1S/C27H31FN4O3/c1-3-14-31(27(34)29-22-10-12-23(13-11-22)35-4-2)19-25(33)32-17-16-30-15-6-9-24(30)26(32)20-7-5-8-21(28)18-20/h5-13,15,18,26H,3-4,14,16-17,19H2,1-2H3,(H,29,34)/t26-/m1/s1.